The van der Waals surface area contributed by atoms with E-state index in [1.54, 1.807) is 0 Å². The molecule has 114 valence electrons. The lowest BCUT2D eigenvalue weighted by Gasteiger charge is -2.47. The van der Waals surface area contributed by atoms with E-state index in [4.69, 9.17) is 4.74 Å². The molecule has 4 atom stereocenters. The van der Waals surface area contributed by atoms with Gasteiger partial charge >= 0.3 is 0 Å². The summed E-state index contributed by atoms with van der Waals surface area (Å²) in [5.74, 6) is 2.58. The Morgan fingerprint density at radius 1 is 1.05 bits per heavy atom. The largest absolute Gasteiger partial charge is 0.376 e. The van der Waals surface area contributed by atoms with Gasteiger partial charge in [-0.25, -0.2) is 0 Å². The predicted molar refractivity (Wildman–Crippen MR) is 80.7 cm³/mol. The zero-order chi connectivity index (χ0) is 13.7. The summed E-state index contributed by atoms with van der Waals surface area (Å²) in [5.41, 5.74) is 0. The van der Waals surface area contributed by atoms with Crippen LogP contribution in [0.5, 0.6) is 0 Å². The molecule has 1 N–H and O–H groups in total. The molecule has 2 saturated carbocycles. The van der Waals surface area contributed by atoms with Crippen molar-refractivity contribution in [3.05, 3.63) is 0 Å². The van der Waals surface area contributed by atoms with Gasteiger partial charge in [-0.05, 0) is 49.9 Å². The third kappa shape index (κ3) is 2.53. The maximum Gasteiger partial charge on any atom is 0.0759 e. The smallest absolute Gasteiger partial charge is 0.0759 e. The van der Waals surface area contributed by atoms with E-state index in [-0.39, 0.29) is 0 Å². The molecule has 0 aromatic rings. The Morgan fingerprint density at radius 3 is 2.45 bits per heavy atom. The monoisotopic (exact) mass is 278 g/mol. The van der Waals surface area contributed by atoms with E-state index in [2.05, 4.69) is 24.1 Å². The fourth-order valence-electron chi connectivity index (χ4n) is 4.46. The van der Waals surface area contributed by atoms with Crippen LogP contribution in [0, 0.1) is 17.8 Å². The van der Waals surface area contributed by atoms with Gasteiger partial charge in [0.05, 0.1) is 6.10 Å². The minimum Gasteiger partial charge on any atom is -0.376 e. The molecule has 3 heteroatoms. The summed E-state index contributed by atoms with van der Waals surface area (Å²) >= 11 is 0. The molecule has 4 unspecified atom stereocenters. The molecule has 0 aromatic heterocycles. The van der Waals surface area contributed by atoms with Gasteiger partial charge < -0.3 is 10.1 Å². The second-order valence-corrected chi connectivity index (χ2v) is 7.89. The van der Waals surface area contributed by atoms with E-state index in [1.807, 2.05) is 0 Å². The highest BCUT2D eigenvalue weighted by atomic mass is 16.5. The summed E-state index contributed by atoms with van der Waals surface area (Å²) < 4.78 is 6.12. The summed E-state index contributed by atoms with van der Waals surface area (Å²) in [6.45, 7) is 8.23. The normalized spacial score (nSPS) is 43.4. The van der Waals surface area contributed by atoms with Crippen molar-refractivity contribution >= 4 is 0 Å². The highest BCUT2D eigenvalue weighted by molar-refractivity contribution is 5.02. The second-order valence-electron chi connectivity index (χ2n) is 7.89. The number of hydrogen-bond donors (Lipinski definition) is 1. The maximum atomic E-state index is 6.12. The molecule has 2 heterocycles. The minimum absolute atomic E-state index is 0.550. The molecule has 0 aromatic carbocycles. The van der Waals surface area contributed by atoms with E-state index in [9.17, 15) is 0 Å². The number of ether oxygens (including phenoxy) is 1. The number of nitrogens with zero attached hydrogens (tertiary/aromatic N) is 1. The molecule has 0 amide bonds. The van der Waals surface area contributed by atoms with Crippen LogP contribution in [0.25, 0.3) is 0 Å². The Hall–Kier alpha value is -0.120. The fraction of sp³-hybridized carbons (Fsp3) is 1.00. The highest BCUT2D eigenvalue weighted by Crippen LogP contribution is 2.42. The Bertz CT molecular complexity index is 351. The highest BCUT2D eigenvalue weighted by Gasteiger charge is 2.47. The average Bonchev–Trinajstić information content (AvgIpc) is 3.36. The van der Waals surface area contributed by atoms with E-state index in [0.29, 0.717) is 18.2 Å². The van der Waals surface area contributed by atoms with Crippen LogP contribution in [0.3, 0.4) is 0 Å². The first-order valence-corrected chi connectivity index (χ1v) is 8.85. The first-order chi connectivity index (χ1) is 9.74. The summed E-state index contributed by atoms with van der Waals surface area (Å²) in [6.07, 6.45) is 7.53. The van der Waals surface area contributed by atoms with Crippen molar-refractivity contribution in [3.63, 3.8) is 0 Å². The number of piperazine rings is 1. The van der Waals surface area contributed by atoms with Gasteiger partial charge in [-0.3, -0.25) is 4.90 Å². The molecule has 0 radical (unpaired) electrons. The van der Waals surface area contributed by atoms with Crippen LogP contribution in [0.15, 0.2) is 0 Å². The van der Waals surface area contributed by atoms with Crippen molar-refractivity contribution < 1.29 is 4.74 Å². The standard InChI is InChI=1S/C17H30N2O/c1-11(2)16-9-18-14(12-3-4-12)10-19(16)15-7-8-20-17(15)13-5-6-13/h11-18H,3-10H2,1-2H3. The third-order valence-corrected chi connectivity index (χ3v) is 6.00. The molecule has 4 rings (SSSR count). The van der Waals surface area contributed by atoms with Crippen LogP contribution in [-0.4, -0.2) is 48.8 Å². The van der Waals surface area contributed by atoms with E-state index in [1.165, 1.54) is 45.2 Å². The maximum absolute atomic E-state index is 6.12. The molecule has 4 fully saturated rings. The van der Waals surface area contributed by atoms with Gasteiger partial charge in [-0.1, -0.05) is 13.8 Å². The van der Waals surface area contributed by atoms with Crippen molar-refractivity contribution in [2.45, 2.75) is 70.2 Å². The third-order valence-electron chi connectivity index (χ3n) is 6.00. The summed E-state index contributed by atoms with van der Waals surface area (Å²) in [6, 6.07) is 2.17. The van der Waals surface area contributed by atoms with Crippen LogP contribution in [-0.2, 0) is 4.74 Å². The van der Waals surface area contributed by atoms with Gasteiger partial charge in [0.1, 0.15) is 0 Å². The number of hydrogen-bond acceptors (Lipinski definition) is 3. The summed E-state index contributed by atoms with van der Waals surface area (Å²) in [4.78, 5) is 2.86. The Kier molecular flexibility index (Phi) is 3.56. The summed E-state index contributed by atoms with van der Waals surface area (Å²) in [5, 5.41) is 3.84. The zero-order valence-corrected chi connectivity index (χ0v) is 13.1. The molecule has 4 aliphatic rings. The first-order valence-electron chi connectivity index (χ1n) is 8.85. The quantitative estimate of drug-likeness (QED) is 0.854. The Labute approximate surface area is 123 Å². The first kappa shape index (κ1) is 13.5. The van der Waals surface area contributed by atoms with Crippen molar-refractivity contribution in [2.24, 2.45) is 17.8 Å². The lowest BCUT2D eigenvalue weighted by molar-refractivity contribution is -0.00195. The lowest BCUT2D eigenvalue weighted by atomic mass is 9.92. The molecular weight excluding hydrogens is 248 g/mol. The van der Waals surface area contributed by atoms with Gasteiger partial charge in [0.15, 0.2) is 0 Å². The topological polar surface area (TPSA) is 24.5 Å². The molecule has 0 spiro atoms. The molecule has 20 heavy (non-hydrogen) atoms. The van der Waals surface area contributed by atoms with Gasteiger partial charge in [-0.2, -0.15) is 0 Å². The van der Waals surface area contributed by atoms with E-state index < -0.39 is 0 Å². The van der Waals surface area contributed by atoms with Gasteiger partial charge in [0.2, 0.25) is 0 Å². The minimum atomic E-state index is 0.550. The van der Waals surface area contributed by atoms with Crippen LogP contribution in [0.2, 0.25) is 0 Å². The van der Waals surface area contributed by atoms with Crippen LogP contribution < -0.4 is 5.32 Å². The number of rotatable bonds is 4. The van der Waals surface area contributed by atoms with Crippen LogP contribution in [0.4, 0.5) is 0 Å². The molecule has 0 bridgehead atoms. The second kappa shape index (κ2) is 5.26. The SMILES string of the molecule is CC(C)C1CNC(C2CC2)CN1C1CCOC1C1CC1. The van der Waals surface area contributed by atoms with Gasteiger partial charge in [-0.15, -0.1) is 0 Å². The van der Waals surface area contributed by atoms with E-state index >= 15 is 0 Å². The lowest BCUT2D eigenvalue weighted by Crippen LogP contribution is -2.63. The Balaban J connectivity index is 1.50. The number of nitrogens with one attached hydrogen (secondary N) is 1. The summed E-state index contributed by atoms with van der Waals surface area (Å²) in [7, 11) is 0. The molecular formula is C17H30N2O. The molecule has 2 aliphatic heterocycles. The zero-order valence-electron chi connectivity index (χ0n) is 13.1. The van der Waals surface area contributed by atoms with Crippen LogP contribution in [0.1, 0.15) is 46.0 Å². The average molecular weight is 278 g/mol. The van der Waals surface area contributed by atoms with Crippen molar-refractivity contribution in [3.8, 4) is 0 Å². The van der Waals surface area contributed by atoms with Crippen molar-refractivity contribution in [1.82, 2.24) is 10.2 Å². The van der Waals surface area contributed by atoms with Crippen LogP contribution >= 0.6 is 0 Å². The van der Waals surface area contributed by atoms with Gasteiger partial charge in [0.25, 0.3) is 0 Å². The molecule has 2 aliphatic carbocycles. The predicted octanol–water partition coefficient (Wildman–Crippen LogP) is 2.26. The molecule has 3 nitrogen and oxygen atoms in total. The van der Waals surface area contributed by atoms with Gasteiger partial charge in [0, 0.05) is 37.8 Å². The Morgan fingerprint density at radius 2 is 1.80 bits per heavy atom. The fourth-order valence-corrected chi connectivity index (χ4v) is 4.46. The molecule has 2 saturated heterocycles. The van der Waals surface area contributed by atoms with Crippen molar-refractivity contribution in [1.29, 1.82) is 0 Å². The van der Waals surface area contributed by atoms with Crippen molar-refractivity contribution in [2.75, 3.05) is 19.7 Å². The van der Waals surface area contributed by atoms with E-state index in [0.717, 1.165) is 30.4 Å².